The van der Waals surface area contributed by atoms with Gasteiger partial charge in [-0.15, -0.1) is 0 Å². The van der Waals surface area contributed by atoms with Crippen molar-refractivity contribution in [3.05, 3.63) is 35.9 Å². The average molecular weight is 395 g/mol. The highest BCUT2D eigenvalue weighted by Crippen LogP contribution is 2.56. The van der Waals surface area contributed by atoms with Crippen LogP contribution in [-0.4, -0.2) is 38.7 Å². The van der Waals surface area contributed by atoms with Crippen LogP contribution in [0.4, 0.5) is 17.8 Å². The van der Waals surface area contributed by atoms with E-state index in [0.29, 0.717) is 30.9 Å². The molecule has 1 heterocycles. The second-order valence-electron chi connectivity index (χ2n) is 9.12. The Balaban J connectivity index is 1.35. The summed E-state index contributed by atoms with van der Waals surface area (Å²) < 4.78 is 0. The third-order valence-corrected chi connectivity index (χ3v) is 6.74. The molecule has 7 heteroatoms. The van der Waals surface area contributed by atoms with Crippen molar-refractivity contribution in [2.75, 3.05) is 29.1 Å². The van der Waals surface area contributed by atoms with Crippen molar-refractivity contribution in [2.45, 2.75) is 50.6 Å². The molecular formula is C22H30N6O. The Morgan fingerprint density at radius 2 is 1.41 bits per heavy atom. The first-order valence-corrected chi connectivity index (χ1v) is 10.9. The van der Waals surface area contributed by atoms with Crippen molar-refractivity contribution in [1.82, 2.24) is 15.0 Å². The first-order valence-electron chi connectivity index (χ1n) is 10.9. The minimum atomic E-state index is 0.0379. The highest BCUT2D eigenvalue weighted by molar-refractivity contribution is 5.44. The molecule has 7 nitrogen and oxygen atoms in total. The van der Waals surface area contributed by atoms with Crippen molar-refractivity contribution >= 4 is 17.8 Å². The average Bonchev–Trinajstić information content (AvgIpc) is 2.70. The van der Waals surface area contributed by atoms with Gasteiger partial charge in [0.2, 0.25) is 17.8 Å². The number of rotatable bonds is 8. The maximum absolute atomic E-state index is 9.16. The van der Waals surface area contributed by atoms with Gasteiger partial charge in [0.1, 0.15) is 0 Å². The number of nitrogens with one attached hydrogen (secondary N) is 3. The zero-order valence-corrected chi connectivity index (χ0v) is 16.8. The zero-order chi connectivity index (χ0) is 19.7. The predicted octanol–water partition coefficient (Wildman–Crippen LogP) is 3.27. The lowest BCUT2D eigenvalue weighted by Gasteiger charge is -2.56. The number of anilines is 3. The van der Waals surface area contributed by atoms with Crippen LogP contribution in [0.25, 0.3) is 0 Å². The van der Waals surface area contributed by atoms with Gasteiger partial charge in [0.25, 0.3) is 0 Å². The van der Waals surface area contributed by atoms with E-state index >= 15 is 0 Å². The summed E-state index contributed by atoms with van der Waals surface area (Å²) in [5, 5.41) is 19.3. The number of benzene rings is 1. The number of hydrogen-bond acceptors (Lipinski definition) is 7. The summed E-state index contributed by atoms with van der Waals surface area (Å²) in [7, 11) is 0. The van der Waals surface area contributed by atoms with Gasteiger partial charge in [-0.25, -0.2) is 0 Å². The van der Waals surface area contributed by atoms with E-state index in [0.717, 1.165) is 17.8 Å². The van der Waals surface area contributed by atoms with Crippen LogP contribution in [-0.2, 0) is 6.54 Å². The van der Waals surface area contributed by atoms with Gasteiger partial charge in [-0.2, -0.15) is 15.0 Å². The van der Waals surface area contributed by atoms with Crippen LogP contribution in [0.5, 0.6) is 0 Å². The van der Waals surface area contributed by atoms with Crippen molar-refractivity contribution in [3.63, 3.8) is 0 Å². The maximum atomic E-state index is 9.16. The quantitative estimate of drug-likeness (QED) is 0.546. The summed E-state index contributed by atoms with van der Waals surface area (Å²) in [5.41, 5.74) is 1.31. The van der Waals surface area contributed by atoms with Crippen LogP contribution in [0, 0.1) is 17.8 Å². The molecule has 0 atom stereocenters. The van der Waals surface area contributed by atoms with Gasteiger partial charge in [0, 0.05) is 18.6 Å². The first kappa shape index (κ1) is 18.6. The molecule has 4 saturated carbocycles. The summed E-state index contributed by atoms with van der Waals surface area (Å²) in [5.74, 6) is 4.26. The lowest BCUT2D eigenvalue weighted by Crippen LogP contribution is -2.55. The Morgan fingerprint density at radius 1 is 0.828 bits per heavy atom. The standard InChI is InChI=1S/C22H30N6O/c29-7-6-23-19-25-20(24-14-15-4-2-1-3-5-15)27-21(26-19)28-22-11-16-8-17(12-22)10-18(9-16)13-22/h1-5,16-18,29H,6-14H2,(H3,23,24,25,26,27,28). The lowest BCUT2D eigenvalue weighted by molar-refractivity contribution is 0.0103. The normalized spacial score (nSPS) is 29.6. The number of aliphatic hydroxyl groups is 1. The number of aromatic nitrogens is 3. The van der Waals surface area contributed by atoms with Crippen LogP contribution in [0.2, 0.25) is 0 Å². The van der Waals surface area contributed by atoms with Crippen LogP contribution < -0.4 is 16.0 Å². The number of hydrogen-bond donors (Lipinski definition) is 4. The molecule has 4 fully saturated rings. The largest absolute Gasteiger partial charge is 0.395 e. The van der Waals surface area contributed by atoms with Gasteiger partial charge < -0.3 is 21.1 Å². The van der Waals surface area contributed by atoms with Crippen molar-refractivity contribution < 1.29 is 5.11 Å². The van der Waals surface area contributed by atoms with Crippen LogP contribution in [0.1, 0.15) is 44.1 Å². The van der Waals surface area contributed by atoms with E-state index in [2.05, 4.69) is 43.0 Å². The SMILES string of the molecule is OCCNc1nc(NCc2ccccc2)nc(NC23CC4CC(CC(C4)C2)C3)n1. The van der Waals surface area contributed by atoms with Gasteiger partial charge in [-0.1, -0.05) is 30.3 Å². The Kier molecular flexibility index (Phi) is 4.99. The van der Waals surface area contributed by atoms with E-state index in [1.54, 1.807) is 0 Å². The maximum Gasteiger partial charge on any atom is 0.229 e. The molecule has 4 aliphatic carbocycles. The molecule has 1 aromatic carbocycles. The fourth-order valence-electron chi connectivity index (χ4n) is 6.04. The number of aliphatic hydroxyl groups excluding tert-OH is 1. The molecule has 0 unspecified atom stereocenters. The first-order chi connectivity index (χ1) is 14.2. The van der Waals surface area contributed by atoms with Crippen LogP contribution in [0.3, 0.4) is 0 Å². The van der Waals surface area contributed by atoms with E-state index in [1.807, 2.05) is 18.2 Å². The Bertz CT molecular complexity index is 807. The monoisotopic (exact) mass is 394 g/mol. The summed E-state index contributed by atoms with van der Waals surface area (Å²) in [6, 6.07) is 10.2. The van der Waals surface area contributed by atoms with Crippen LogP contribution in [0.15, 0.2) is 30.3 Å². The molecule has 0 saturated heterocycles. The van der Waals surface area contributed by atoms with Gasteiger partial charge in [-0.3, -0.25) is 0 Å². The van der Waals surface area contributed by atoms with Gasteiger partial charge in [0.05, 0.1) is 6.61 Å². The molecule has 2 aromatic rings. The summed E-state index contributed by atoms with van der Waals surface area (Å²) in [6.45, 7) is 1.11. The minimum Gasteiger partial charge on any atom is -0.395 e. The molecule has 154 valence electrons. The summed E-state index contributed by atoms with van der Waals surface area (Å²) in [6.07, 6.45) is 7.92. The molecule has 0 aliphatic heterocycles. The Hall–Kier alpha value is -2.41. The topological polar surface area (TPSA) is 95.0 Å². The Labute approximate surface area is 171 Å². The fraction of sp³-hybridized carbons (Fsp3) is 0.591. The third-order valence-electron chi connectivity index (χ3n) is 6.74. The predicted molar refractivity (Wildman–Crippen MR) is 114 cm³/mol. The molecule has 4 bridgehead atoms. The second-order valence-corrected chi connectivity index (χ2v) is 9.12. The van der Waals surface area contributed by atoms with Gasteiger partial charge >= 0.3 is 0 Å². The zero-order valence-electron chi connectivity index (χ0n) is 16.8. The minimum absolute atomic E-state index is 0.0379. The lowest BCUT2D eigenvalue weighted by atomic mass is 9.53. The van der Waals surface area contributed by atoms with Crippen molar-refractivity contribution in [3.8, 4) is 0 Å². The van der Waals surface area contributed by atoms with Crippen molar-refractivity contribution in [2.24, 2.45) is 17.8 Å². The van der Waals surface area contributed by atoms with Gasteiger partial charge in [0.15, 0.2) is 0 Å². The van der Waals surface area contributed by atoms with Crippen LogP contribution >= 0.6 is 0 Å². The number of nitrogens with zero attached hydrogens (tertiary/aromatic N) is 3. The second kappa shape index (κ2) is 7.78. The van der Waals surface area contributed by atoms with E-state index in [9.17, 15) is 0 Å². The summed E-state index contributed by atoms with van der Waals surface area (Å²) >= 11 is 0. The molecule has 29 heavy (non-hydrogen) atoms. The molecule has 0 spiro atoms. The third kappa shape index (κ3) is 4.15. The molecule has 4 N–H and O–H groups in total. The van der Waals surface area contributed by atoms with E-state index in [4.69, 9.17) is 5.11 Å². The molecule has 0 amide bonds. The molecule has 6 rings (SSSR count). The van der Waals surface area contributed by atoms with E-state index in [-0.39, 0.29) is 12.1 Å². The highest BCUT2D eigenvalue weighted by Gasteiger charge is 2.51. The summed E-state index contributed by atoms with van der Waals surface area (Å²) in [4.78, 5) is 13.8. The molecule has 4 aliphatic rings. The van der Waals surface area contributed by atoms with Gasteiger partial charge in [-0.05, 0) is 61.8 Å². The smallest absolute Gasteiger partial charge is 0.229 e. The Morgan fingerprint density at radius 3 is 2.03 bits per heavy atom. The van der Waals surface area contributed by atoms with E-state index < -0.39 is 0 Å². The fourth-order valence-corrected chi connectivity index (χ4v) is 6.04. The highest BCUT2D eigenvalue weighted by atomic mass is 16.3. The van der Waals surface area contributed by atoms with E-state index in [1.165, 1.54) is 44.1 Å². The molecule has 1 aromatic heterocycles. The molecular weight excluding hydrogens is 364 g/mol. The van der Waals surface area contributed by atoms with Crippen molar-refractivity contribution in [1.29, 1.82) is 0 Å². The molecule has 0 radical (unpaired) electrons.